The molecule has 1 fully saturated rings. The lowest BCUT2D eigenvalue weighted by Gasteiger charge is -2.40. The molecular formula is C21H34N5O6P. The molecule has 1 unspecified atom stereocenters. The van der Waals surface area contributed by atoms with Crippen molar-refractivity contribution in [2.75, 3.05) is 6.54 Å². The predicted octanol–water partition coefficient (Wildman–Crippen LogP) is 1.64. The van der Waals surface area contributed by atoms with Crippen molar-refractivity contribution < 1.29 is 28.4 Å². The zero-order valence-electron chi connectivity index (χ0n) is 19.5. The lowest BCUT2D eigenvalue weighted by atomic mass is 9.84. The van der Waals surface area contributed by atoms with E-state index in [0.717, 1.165) is 12.8 Å². The fourth-order valence-electron chi connectivity index (χ4n) is 3.70. The van der Waals surface area contributed by atoms with E-state index in [4.69, 9.17) is 9.42 Å². The molecule has 11 nitrogen and oxygen atoms in total. The molecule has 0 aliphatic carbocycles. The molecule has 33 heavy (non-hydrogen) atoms. The number of nitrogens with one attached hydrogen (secondary N) is 2. The van der Waals surface area contributed by atoms with Crippen LogP contribution in [0.5, 0.6) is 0 Å². The zero-order chi connectivity index (χ0) is 24.6. The highest BCUT2D eigenvalue weighted by molar-refractivity contribution is 7.32. The number of piperidine rings is 1. The van der Waals surface area contributed by atoms with Gasteiger partial charge < -0.3 is 20.4 Å². The molecule has 1 saturated heterocycles. The molecule has 1 aromatic rings. The summed E-state index contributed by atoms with van der Waals surface area (Å²) in [5.74, 6) is -1.35. The molecule has 3 amide bonds. The average Bonchev–Trinajstić information content (AvgIpc) is 2.76. The van der Waals surface area contributed by atoms with Gasteiger partial charge in [-0.05, 0) is 31.1 Å². The van der Waals surface area contributed by atoms with E-state index in [9.17, 15) is 18.9 Å². The van der Waals surface area contributed by atoms with Gasteiger partial charge in [-0.25, -0.2) is 4.98 Å². The van der Waals surface area contributed by atoms with Gasteiger partial charge in [-0.3, -0.25) is 28.5 Å². The second-order valence-electron chi connectivity index (χ2n) is 9.08. The summed E-state index contributed by atoms with van der Waals surface area (Å²) in [4.78, 5) is 57.8. The standard InChI is InChI=1S/C21H34N5O6P/c1-5-8-16(32-33(30)31)24-19(28)15-9-6-7-12-26(15)20(29)17(21(2,3)4)25-18(27)14-13-22-10-11-23-14/h10-11,13,15-17,33H,5-9,12H2,1-4H3,(H,24,28)(H,25,27)(H,30,31)/t15-,16+,17+/m0/s1. The second kappa shape index (κ2) is 12.2. The van der Waals surface area contributed by atoms with Gasteiger partial charge >= 0.3 is 8.25 Å². The summed E-state index contributed by atoms with van der Waals surface area (Å²) in [6.45, 7) is 7.71. The van der Waals surface area contributed by atoms with Gasteiger partial charge in [0, 0.05) is 18.9 Å². The smallest absolute Gasteiger partial charge is 0.318 e. The third-order valence-corrected chi connectivity index (χ3v) is 5.86. The topological polar surface area (TPSA) is 151 Å². The van der Waals surface area contributed by atoms with Crippen molar-refractivity contribution in [1.29, 1.82) is 0 Å². The molecule has 184 valence electrons. The lowest BCUT2D eigenvalue weighted by Crippen LogP contribution is -2.61. The van der Waals surface area contributed by atoms with Gasteiger partial charge in [0.15, 0.2) is 0 Å². The maximum Gasteiger partial charge on any atom is 0.318 e. The summed E-state index contributed by atoms with van der Waals surface area (Å²) in [7, 11) is -3.24. The number of likely N-dealkylation sites (tertiary alicyclic amines) is 1. The van der Waals surface area contributed by atoms with Crippen LogP contribution >= 0.6 is 8.25 Å². The summed E-state index contributed by atoms with van der Waals surface area (Å²) in [5, 5.41) is 5.41. The first-order chi connectivity index (χ1) is 15.5. The van der Waals surface area contributed by atoms with Crippen LogP contribution in [-0.2, 0) is 18.7 Å². The van der Waals surface area contributed by atoms with E-state index in [2.05, 4.69) is 20.6 Å². The number of carbonyl (C=O) groups excluding carboxylic acids is 3. The molecule has 4 atom stereocenters. The van der Waals surface area contributed by atoms with E-state index in [1.54, 1.807) is 0 Å². The van der Waals surface area contributed by atoms with Crippen molar-refractivity contribution in [1.82, 2.24) is 25.5 Å². The Kier molecular flexibility index (Phi) is 9.94. The van der Waals surface area contributed by atoms with Crippen LogP contribution in [0.4, 0.5) is 0 Å². The molecule has 0 bridgehead atoms. The molecule has 1 aromatic heterocycles. The number of aromatic nitrogens is 2. The SMILES string of the molecule is CCC[C@H](NC(=O)[C@@H]1CCCCN1C(=O)[C@@H](NC(=O)c1cnccn1)C(C)(C)C)O[PH](=O)O. The Morgan fingerprint density at radius 3 is 2.58 bits per heavy atom. The molecule has 0 spiro atoms. The molecule has 1 aliphatic rings. The van der Waals surface area contributed by atoms with Crippen LogP contribution in [0.1, 0.15) is 70.3 Å². The third kappa shape index (κ3) is 7.87. The van der Waals surface area contributed by atoms with Crippen molar-refractivity contribution in [3.63, 3.8) is 0 Å². The Bertz CT molecular complexity index is 847. The van der Waals surface area contributed by atoms with Crippen molar-refractivity contribution in [2.24, 2.45) is 5.41 Å². The van der Waals surface area contributed by atoms with Crippen LogP contribution in [-0.4, -0.2) is 62.3 Å². The van der Waals surface area contributed by atoms with Crippen molar-refractivity contribution in [3.8, 4) is 0 Å². The Labute approximate surface area is 194 Å². The van der Waals surface area contributed by atoms with Gasteiger partial charge in [-0.15, -0.1) is 0 Å². The van der Waals surface area contributed by atoms with Crippen LogP contribution in [0, 0.1) is 5.41 Å². The summed E-state index contributed by atoms with van der Waals surface area (Å²) in [6, 6.07) is -1.68. The Morgan fingerprint density at radius 2 is 2.00 bits per heavy atom. The summed E-state index contributed by atoms with van der Waals surface area (Å²) in [5.41, 5.74) is -0.552. The van der Waals surface area contributed by atoms with Gasteiger partial charge in [0.2, 0.25) is 11.8 Å². The quantitative estimate of drug-likeness (QED) is 0.354. The second-order valence-corrected chi connectivity index (χ2v) is 9.84. The fourth-order valence-corrected chi connectivity index (χ4v) is 4.12. The average molecular weight is 484 g/mol. The van der Waals surface area contributed by atoms with Crippen molar-refractivity contribution in [3.05, 3.63) is 24.3 Å². The van der Waals surface area contributed by atoms with E-state index in [1.807, 2.05) is 27.7 Å². The maximum absolute atomic E-state index is 13.6. The number of carbonyl (C=O) groups is 3. The van der Waals surface area contributed by atoms with Gasteiger partial charge in [0.05, 0.1) is 6.20 Å². The minimum Gasteiger partial charge on any atom is -0.338 e. The molecule has 2 rings (SSSR count). The number of hydrogen-bond donors (Lipinski definition) is 3. The molecule has 12 heteroatoms. The number of rotatable bonds is 9. The third-order valence-electron chi connectivity index (χ3n) is 5.37. The Balaban J connectivity index is 2.21. The number of hydrogen-bond acceptors (Lipinski definition) is 7. The Morgan fingerprint density at radius 1 is 1.27 bits per heavy atom. The number of amides is 3. The van der Waals surface area contributed by atoms with Gasteiger partial charge in [0.25, 0.3) is 5.91 Å². The first-order valence-corrected chi connectivity index (χ1v) is 12.4. The molecule has 3 N–H and O–H groups in total. The summed E-state index contributed by atoms with van der Waals surface area (Å²) in [6.07, 6.45) is 6.17. The molecule has 0 radical (unpaired) electrons. The minimum atomic E-state index is -3.24. The van der Waals surface area contributed by atoms with Gasteiger partial charge in [0.1, 0.15) is 24.0 Å². The highest BCUT2D eigenvalue weighted by atomic mass is 31.1. The molecule has 0 saturated carbocycles. The predicted molar refractivity (Wildman–Crippen MR) is 121 cm³/mol. The molecule has 2 heterocycles. The number of nitrogens with zero attached hydrogens (tertiary/aromatic N) is 3. The van der Waals surface area contributed by atoms with Crippen molar-refractivity contribution >= 4 is 26.0 Å². The van der Waals surface area contributed by atoms with E-state index in [0.29, 0.717) is 25.8 Å². The first-order valence-electron chi connectivity index (χ1n) is 11.1. The van der Waals surface area contributed by atoms with Crippen LogP contribution in [0.15, 0.2) is 18.6 Å². The largest absolute Gasteiger partial charge is 0.338 e. The highest BCUT2D eigenvalue weighted by Crippen LogP contribution is 2.26. The summed E-state index contributed by atoms with van der Waals surface area (Å²) < 4.78 is 16.1. The van der Waals surface area contributed by atoms with Crippen molar-refractivity contribution in [2.45, 2.75) is 78.1 Å². The molecular weight excluding hydrogens is 449 g/mol. The highest BCUT2D eigenvalue weighted by Gasteiger charge is 2.41. The maximum atomic E-state index is 13.6. The normalized spacial score (nSPS) is 19.3. The zero-order valence-corrected chi connectivity index (χ0v) is 20.5. The van der Waals surface area contributed by atoms with E-state index in [1.165, 1.54) is 23.5 Å². The lowest BCUT2D eigenvalue weighted by molar-refractivity contribution is -0.146. The van der Waals surface area contributed by atoms with Crippen LogP contribution in [0.3, 0.4) is 0 Å². The van der Waals surface area contributed by atoms with E-state index < -0.39 is 43.8 Å². The monoisotopic (exact) mass is 483 g/mol. The van der Waals surface area contributed by atoms with E-state index in [-0.39, 0.29) is 11.6 Å². The Hall–Kier alpha value is -2.36. The first kappa shape index (κ1) is 26.9. The molecule has 1 aliphatic heterocycles. The fraction of sp³-hybridized carbons (Fsp3) is 0.667. The van der Waals surface area contributed by atoms with Gasteiger partial charge in [-0.2, -0.15) is 0 Å². The molecule has 0 aromatic carbocycles. The van der Waals surface area contributed by atoms with E-state index >= 15 is 0 Å². The minimum absolute atomic E-state index is 0.0891. The van der Waals surface area contributed by atoms with Crippen LogP contribution in [0.25, 0.3) is 0 Å². The van der Waals surface area contributed by atoms with Gasteiger partial charge in [-0.1, -0.05) is 34.1 Å². The van der Waals surface area contributed by atoms with Crippen LogP contribution in [0.2, 0.25) is 0 Å². The summed E-state index contributed by atoms with van der Waals surface area (Å²) >= 11 is 0. The van der Waals surface area contributed by atoms with Crippen LogP contribution < -0.4 is 10.6 Å².